The Morgan fingerprint density at radius 2 is 2.00 bits per heavy atom. The van der Waals surface area contributed by atoms with Crippen molar-refractivity contribution in [2.75, 3.05) is 19.1 Å². The van der Waals surface area contributed by atoms with Crippen molar-refractivity contribution in [1.29, 1.82) is 0 Å². The first-order valence-corrected chi connectivity index (χ1v) is 7.95. The quantitative estimate of drug-likeness (QED) is 0.825. The molecule has 0 saturated heterocycles. The zero-order valence-corrected chi connectivity index (χ0v) is 12.8. The third-order valence-electron chi connectivity index (χ3n) is 2.91. The minimum absolute atomic E-state index is 0.284. The number of alkyl halides is 3. The van der Waals surface area contributed by atoms with Gasteiger partial charge in [0.1, 0.15) is 15.5 Å². The number of nitrogens with zero attached hydrogens (tertiary/aromatic N) is 3. The van der Waals surface area contributed by atoms with Crippen LogP contribution in [0.15, 0.2) is 6.07 Å². The Kier molecular flexibility index (Phi) is 4.71. The van der Waals surface area contributed by atoms with Crippen LogP contribution in [0.2, 0.25) is 0 Å². The fourth-order valence-corrected chi connectivity index (χ4v) is 2.87. The summed E-state index contributed by atoms with van der Waals surface area (Å²) in [5, 5.41) is 3.53. The Morgan fingerprint density at radius 1 is 1.48 bits per heavy atom. The van der Waals surface area contributed by atoms with Gasteiger partial charge in [-0.25, -0.2) is 8.42 Å². The maximum absolute atomic E-state index is 12.6. The van der Waals surface area contributed by atoms with Gasteiger partial charge < -0.3 is 4.90 Å². The van der Waals surface area contributed by atoms with E-state index in [2.05, 4.69) is 5.10 Å². The second-order valence-corrected chi connectivity index (χ2v) is 7.08. The molecule has 1 aromatic heterocycles. The molecule has 1 heterocycles. The molecule has 0 aliphatic rings. The van der Waals surface area contributed by atoms with Crippen molar-refractivity contribution in [3.63, 3.8) is 0 Å². The first kappa shape index (κ1) is 17.5. The number of aromatic nitrogens is 2. The van der Waals surface area contributed by atoms with Crippen LogP contribution in [0, 0.1) is 0 Å². The Morgan fingerprint density at radius 3 is 2.38 bits per heavy atom. The molecule has 0 aromatic carbocycles. The van der Waals surface area contributed by atoms with Crippen LogP contribution in [0.25, 0.3) is 0 Å². The lowest BCUT2D eigenvalue weighted by Crippen LogP contribution is -2.39. The first-order valence-electron chi connectivity index (χ1n) is 5.89. The number of hydrogen-bond donors (Lipinski definition) is 0. The van der Waals surface area contributed by atoms with Gasteiger partial charge in [0, 0.05) is 32.5 Å². The number of hydrogen-bond acceptors (Lipinski definition) is 4. The number of carbonyl (C=O) groups is 1. The summed E-state index contributed by atoms with van der Waals surface area (Å²) in [6.45, 7) is 1.49. The van der Waals surface area contributed by atoms with Crippen molar-refractivity contribution in [3.8, 4) is 0 Å². The SMILES string of the molecule is C[C@@H](CS(C)(=O)=O)N(C)C(=O)c1cc(C(F)(F)F)n(C)n1. The summed E-state index contributed by atoms with van der Waals surface area (Å²) >= 11 is 0. The zero-order chi connectivity index (χ0) is 16.6. The van der Waals surface area contributed by atoms with Crippen LogP contribution < -0.4 is 0 Å². The molecular weight excluding hydrogens is 311 g/mol. The molecule has 1 rings (SSSR count). The normalized spacial score (nSPS) is 14.0. The largest absolute Gasteiger partial charge is 0.433 e. The molecule has 10 heteroatoms. The third-order valence-corrected chi connectivity index (χ3v) is 4.00. The molecule has 6 nitrogen and oxygen atoms in total. The van der Waals surface area contributed by atoms with Gasteiger partial charge in [0.25, 0.3) is 5.91 Å². The van der Waals surface area contributed by atoms with Crippen molar-refractivity contribution in [3.05, 3.63) is 17.5 Å². The van der Waals surface area contributed by atoms with Gasteiger partial charge >= 0.3 is 6.18 Å². The van der Waals surface area contributed by atoms with Crippen LogP contribution in [-0.2, 0) is 23.1 Å². The molecule has 0 saturated carbocycles. The van der Waals surface area contributed by atoms with E-state index in [1.54, 1.807) is 0 Å². The Hall–Kier alpha value is -1.58. The highest BCUT2D eigenvalue weighted by Crippen LogP contribution is 2.29. The monoisotopic (exact) mass is 327 g/mol. The highest BCUT2D eigenvalue weighted by Gasteiger charge is 2.36. The van der Waals surface area contributed by atoms with Crippen molar-refractivity contribution in [2.45, 2.75) is 19.1 Å². The standard InChI is InChI=1S/C11H16F3N3O3S/c1-7(6-21(4,19)20)16(2)10(18)8-5-9(11(12,13)14)17(3)15-8/h5,7H,6H2,1-4H3/t7-/m0/s1. The van der Waals surface area contributed by atoms with E-state index >= 15 is 0 Å². The van der Waals surface area contributed by atoms with Crippen molar-refractivity contribution >= 4 is 15.7 Å². The number of aryl methyl sites for hydroxylation is 1. The lowest BCUT2D eigenvalue weighted by molar-refractivity contribution is -0.143. The molecule has 0 aliphatic carbocycles. The average Bonchev–Trinajstić information content (AvgIpc) is 2.66. The predicted molar refractivity (Wildman–Crippen MR) is 69.5 cm³/mol. The van der Waals surface area contributed by atoms with Crippen molar-refractivity contribution < 1.29 is 26.4 Å². The Balaban J connectivity index is 2.99. The van der Waals surface area contributed by atoms with Crippen LogP contribution in [0.4, 0.5) is 13.2 Å². The number of carbonyl (C=O) groups excluding carboxylic acids is 1. The lowest BCUT2D eigenvalue weighted by Gasteiger charge is -2.23. The van der Waals surface area contributed by atoms with Gasteiger partial charge in [0.15, 0.2) is 5.69 Å². The van der Waals surface area contributed by atoms with Gasteiger partial charge in [0.2, 0.25) is 0 Å². The second kappa shape index (κ2) is 5.66. The molecule has 0 aliphatic heterocycles. The number of sulfone groups is 1. The molecule has 0 radical (unpaired) electrons. The van der Waals surface area contributed by atoms with Crippen LogP contribution in [0.3, 0.4) is 0 Å². The van der Waals surface area contributed by atoms with Gasteiger partial charge in [-0.15, -0.1) is 0 Å². The summed E-state index contributed by atoms with van der Waals surface area (Å²) in [7, 11) is -0.907. The van der Waals surface area contributed by atoms with Gasteiger partial charge in [0.05, 0.1) is 5.75 Å². The Labute approximate surface area is 120 Å². The first-order chi connectivity index (χ1) is 9.33. The van der Waals surface area contributed by atoms with Gasteiger partial charge in [-0.05, 0) is 6.92 Å². The predicted octanol–water partition coefficient (Wildman–Crippen LogP) is 0.944. The number of amides is 1. The molecule has 120 valence electrons. The lowest BCUT2D eigenvalue weighted by atomic mass is 10.2. The fourth-order valence-electron chi connectivity index (χ4n) is 1.77. The molecule has 1 aromatic rings. The van der Waals surface area contributed by atoms with E-state index in [1.807, 2.05) is 0 Å². The molecule has 0 N–H and O–H groups in total. The molecule has 0 unspecified atom stereocenters. The van der Waals surface area contributed by atoms with Crippen molar-refractivity contribution in [2.24, 2.45) is 7.05 Å². The minimum atomic E-state index is -4.61. The highest BCUT2D eigenvalue weighted by atomic mass is 32.2. The number of rotatable bonds is 4. The average molecular weight is 327 g/mol. The summed E-state index contributed by atoms with van der Waals surface area (Å²) in [5.74, 6) is -1.05. The van der Waals surface area contributed by atoms with Gasteiger partial charge in [-0.2, -0.15) is 18.3 Å². The molecule has 1 amide bonds. The second-order valence-electron chi connectivity index (χ2n) is 4.89. The molecule has 0 spiro atoms. The van der Waals surface area contributed by atoms with E-state index in [4.69, 9.17) is 0 Å². The maximum Gasteiger partial charge on any atom is 0.433 e. The Bertz CT molecular complexity index is 637. The van der Waals surface area contributed by atoms with E-state index in [9.17, 15) is 26.4 Å². The molecule has 0 fully saturated rings. The molecule has 21 heavy (non-hydrogen) atoms. The van der Waals surface area contributed by atoms with E-state index in [-0.39, 0.29) is 11.4 Å². The summed E-state index contributed by atoms with van der Waals surface area (Å²) in [6, 6.07) is -0.0322. The van der Waals surface area contributed by atoms with Crippen LogP contribution >= 0.6 is 0 Å². The smallest absolute Gasteiger partial charge is 0.337 e. The molecular formula is C11H16F3N3O3S. The van der Waals surface area contributed by atoms with E-state index in [1.165, 1.54) is 14.0 Å². The molecule has 0 bridgehead atoms. The van der Waals surface area contributed by atoms with Gasteiger partial charge in [-0.1, -0.05) is 0 Å². The summed E-state index contributed by atoms with van der Waals surface area (Å²) in [5.41, 5.74) is -1.43. The minimum Gasteiger partial charge on any atom is -0.337 e. The van der Waals surface area contributed by atoms with Crippen LogP contribution in [0.5, 0.6) is 0 Å². The highest BCUT2D eigenvalue weighted by molar-refractivity contribution is 7.90. The third kappa shape index (κ3) is 4.45. The molecule has 1 atom stereocenters. The van der Waals surface area contributed by atoms with E-state index < -0.39 is 33.7 Å². The summed E-state index contributed by atoms with van der Waals surface area (Å²) in [6.07, 6.45) is -3.60. The fraction of sp³-hybridized carbons (Fsp3) is 0.636. The van der Waals surface area contributed by atoms with Crippen LogP contribution in [-0.4, -0.2) is 54.1 Å². The van der Waals surface area contributed by atoms with Gasteiger partial charge in [-0.3, -0.25) is 9.48 Å². The maximum atomic E-state index is 12.6. The van der Waals surface area contributed by atoms with E-state index in [0.717, 1.165) is 18.2 Å². The topological polar surface area (TPSA) is 72.3 Å². The number of halogens is 3. The summed E-state index contributed by atoms with van der Waals surface area (Å²) in [4.78, 5) is 13.1. The summed E-state index contributed by atoms with van der Waals surface area (Å²) < 4.78 is 60.9. The van der Waals surface area contributed by atoms with Crippen molar-refractivity contribution in [1.82, 2.24) is 14.7 Å². The zero-order valence-electron chi connectivity index (χ0n) is 12.0. The van der Waals surface area contributed by atoms with Crippen LogP contribution in [0.1, 0.15) is 23.1 Å². The van der Waals surface area contributed by atoms with E-state index in [0.29, 0.717) is 10.7 Å².